The van der Waals surface area contributed by atoms with Crippen molar-refractivity contribution in [2.24, 2.45) is 0 Å². The van der Waals surface area contributed by atoms with Crippen molar-refractivity contribution in [1.29, 1.82) is 0 Å². The highest BCUT2D eigenvalue weighted by atomic mass is 16.7. The third-order valence-electron chi connectivity index (χ3n) is 2.94. The fourth-order valence-corrected chi connectivity index (χ4v) is 1.97. The van der Waals surface area contributed by atoms with Crippen molar-refractivity contribution in [3.8, 4) is 0 Å². The molecule has 1 saturated carbocycles. The van der Waals surface area contributed by atoms with Crippen molar-refractivity contribution >= 4 is 0 Å². The molecule has 2 nitrogen and oxygen atoms in total. The van der Waals surface area contributed by atoms with Crippen LogP contribution in [-0.2, 0) is 4.84 Å². The minimum atomic E-state index is -0.0994. The predicted octanol–water partition coefficient (Wildman–Crippen LogP) is 3.25. The van der Waals surface area contributed by atoms with Crippen molar-refractivity contribution in [3.05, 3.63) is 35.9 Å². The highest BCUT2D eigenvalue weighted by molar-refractivity contribution is 5.22. The third-order valence-corrected chi connectivity index (χ3v) is 2.94. The molecule has 1 fully saturated rings. The van der Waals surface area contributed by atoms with Crippen LogP contribution in [0.1, 0.15) is 45.1 Å². The van der Waals surface area contributed by atoms with Gasteiger partial charge in [-0.25, -0.2) is 0 Å². The molecule has 0 saturated heterocycles. The Labute approximate surface area is 98.0 Å². The molecule has 16 heavy (non-hydrogen) atoms. The van der Waals surface area contributed by atoms with E-state index in [0.717, 1.165) is 0 Å². The maximum absolute atomic E-state index is 5.57. The lowest BCUT2D eigenvalue weighted by Gasteiger charge is -2.37. The number of rotatable bonds is 3. The highest BCUT2D eigenvalue weighted by Gasteiger charge is 2.31. The van der Waals surface area contributed by atoms with Crippen LogP contribution in [0.15, 0.2) is 30.3 Å². The van der Waals surface area contributed by atoms with E-state index in [0.29, 0.717) is 12.0 Å². The summed E-state index contributed by atoms with van der Waals surface area (Å²) in [4.78, 5) is 5.57. The smallest absolute Gasteiger partial charge is 0.0813 e. The van der Waals surface area contributed by atoms with E-state index in [1.807, 2.05) is 0 Å². The molecule has 1 aromatic carbocycles. The Bertz CT molecular complexity index is 322. The Hall–Kier alpha value is -0.860. The number of hydrogen-bond acceptors (Lipinski definition) is 2. The molecule has 0 amide bonds. The van der Waals surface area contributed by atoms with Gasteiger partial charge < -0.3 is 0 Å². The van der Waals surface area contributed by atoms with Crippen molar-refractivity contribution in [3.63, 3.8) is 0 Å². The average Bonchev–Trinajstić information content (AvgIpc) is 2.15. The first-order chi connectivity index (χ1) is 7.54. The Balaban J connectivity index is 1.74. The number of benzene rings is 1. The Morgan fingerprint density at radius 2 is 1.75 bits per heavy atom. The molecular weight excluding hydrogens is 198 g/mol. The Morgan fingerprint density at radius 3 is 2.31 bits per heavy atom. The van der Waals surface area contributed by atoms with E-state index in [-0.39, 0.29) is 5.60 Å². The van der Waals surface area contributed by atoms with Gasteiger partial charge in [-0.15, -0.1) is 0 Å². The topological polar surface area (TPSA) is 21.3 Å². The molecule has 1 aromatic rings. The molecule has 0 unspecified atom stereocenters. The van der Waals surface area contributed by atoms with Crippen molar-refractivity contribution in [2.75, 3.05) is 0 Å². The fraction of sp³-hybridized carbons (Fsp3) is 0.571. The predicted molar refractivity (Wildman–Crippen MR) is 66.2 cm³/mol. The van der Waals surface area contributed by atoms with Crippen LogP contribution < -0.4 is 5.48 Å². The van der Waals surface area contributed by atoms with Gasteiger partial charge in [-0.1, -0.05) is 30.3 Å². The van der Waals surface area contributed by atoms with Crippen LogP contribution in [0, 0.1) is 0 Å². The van der Waals surface area contributed by atoms with Gasteiger partial charge in [0, 0.05) is 6.04 Å². The second kappa shape index (κ2) is 4.56. The average molecular weight is 219 g/mol. The van der Waals surface area contributed by atoms with Crippen LogP contribution in [0.2, 0.25) is 0 Å². The molecule has 1 aliphatic carbocycles. The molecule has 0 bridgehead atoms. The van der Waals surface area contributed by atoms with E-state index in [1.165, 1.54) is 18.4 Å². The van der Waals surface area contributed by atoms with Crippen LogP contribution in [0.25, 0.3) is 0 Å². The minimum Gasteiger partial charge on any atom is -0.296 e. The van der Waals surface area contributed by atoms with Crippen LogP contribution in [-0.4, -0.2) is 11.6 Å². The minimum absolute atomic E-state index is 0.0994. The van der Waals surface area contributed by atoms with Gasteiger partial charge in [-0.2, -0.15) is 5.48 Å². The number of nitrogens with one attached hydrogen (secondary N) is 1. The monoisotopic (exact) mass is 219 g/mol. The highest BCUT2D eigenvalue weighted by Crippen LogP contribution is 2.36. The third kappa shape index (κ3) is 3.06. The molecule has 0 heterocycles. The summed E-state index contributed by atoms with van der Waals surface area (Å²) >= 11 is 0. The maximum Gasteiger partial charge on any atom is 0.0813 e. The largest absolute Gasteiger partial charge is 0.296 e. The zero-order valence-electron chi connectivity index (χ0n) is 10.4. The van der Waals surface area contributed by atoms with E-state index in [1.54, 1.807) is 0 Å². The molecule has 0 atom stereocenters. The first kappa shape index (κ1) is 11.6. The molecular formula is C14H21NO. The second-order valence-electron chi connectivity index (χ2n) is 5.61. The summed E-state index contributed by atoms with van der Waals surface area (Å²) in [6, 6.07) is 11.2. The Kier molecular flexibility index (Phi) is 3.31. The van der Waals surface area contributed by atoms with Gasteiger partial charge in [0.25, 0.3) is 0 Å². The quantitative estimate of drug-likeness (QED) is 0.788. The van der Waals surface area contributed by atoms with Crippen LogP contribution >= 0.6 is 0 Å². The number of hydrogen-bond donors (Lipinski definition) is 1. The summed E-state index contributed by atoms with van der Waals surface area (Å²) in [5.41, 5.74) is 4.51. The zero-order valence-corrected chi connectivity index (χ0v) is 10.4. The standard InChI is InChI=1S/C14H21NO/c1-14(2,3)16-15-13-9-12(10-13)11-7-5-4-6-8-11/h4-8,12-13,15H,9-10H2,1-3H3. The maximum atomic E-state index is 5.57. The molecule has 2 heteroatoms. The molecule has 0 radical (unpaired) electrons. The van der Waals surface area contributed by atoms with Gasteiger partial charge in [0.05, 0.1) is 5.60 Å². The normalized spacial score (nSPS) is 25.2. The van der Waals surface area contributed by atoms with Crippen molar-refractivity contribution in [1.82, 2.24) is 5.48 Å². The van der Waals surface area contributed by atoms with Crippen LogP contribution in [0.3, 0.4) is 0 Å². The fourth-order valence-electron chi connectivity index (χ4n) is 1.97. The van der Waals surface area contributed by atoms with Gasteiger partial charge in [-0.3, -0.25) is 4.84 Å². The summed E-state index contributed by atoms with van der Waals surface area (Å²) < 4.78 is 0. The van der Waals surface area contributed by atoms with Gasteiger partial charge >= 0.3 is 0 Å². The lowest BCUT2D eigenvalue weighted by atomic mass is 9.76. The molecule has 1 aliphatic rings. The first-order valence-corrected chi connectivity index (χ1v) is 6.03. The SMILES string of the molecule is CC(C)(C)ONC1CC(c2ccccc2)C1. The summed E-state index contributed by atoms with van der Waals surface area (Å²) in [5.74, 6) is 0.710. The lowest BCUT2D eigenvalue weighted by Crippen LogP contribution is -2.43. The van der Waals surface area contributed by atoms with Gasteiger partial charge in [-0.05, 0) is 45.1 Å². The Morgan fingerprint density at radius 1 is 1.12 bits per heavy atom. The van der Waals surface area contributed by atoms with E-state index in [2.05, 4.69) is 56.6 Å². The molecule has 0 spiro atoms. The molecule has 1 N–H and O–H groups in total. The van der Waals surface area contributed by atoms with Crippen molar-refractivity contribution in [2.45, 2.75) is 51.2 Å². The number of hydroxylamine groups is 1. The molecule has 2 rings (SSSR count). The van der Waals surface area contributed by atoms with Gasteiger partial charge in [0.1, 0.15) is 0 Å². The molecule has 0 aromatic heterocycles. The summed E-state index contributed by atoms with van der Waals surface area (Å²) in [7, 11) is 0. The van der Waals surface area contributed by atoms with Crippen LogP contribution in [0.5, 0.6) is 0 Å². The van der Waals surface area contributed by atoms with E-state index in [9.17, 15) is 0 Å². The summed E-state index contributed by atoms with van der Waals surface area (Å²) in [6.45, 7) is 6.19. The van der Waals surface area contributed by atoms with E-state index in [4.69, 9.17) is 4.84 Å². The summed E-state index contributed by atoms with van der Waals surface area (Å²) in [6.07, 6.45) is 2.36. The van der Waals surface area contributed by atoms with Gasteiger partial charge in [0.15, 0.2) is 0 Å². The lowest BCUT2D eigenvalue weighted by molar-refractivity contribution is -0.101. The molecule has 0 aliphatic heterocycles. The first-order valence-electron chi connectivity index (χ1n) is 6.03. The van der Waals surface area contributed by atoms with E-state index >= 15 is 0 Å². The zero-order chi connectivity index (χ0) is 11.6. The van der Waals surface area contributed by atoms with Gasteiger partial charge in [0.2, 0.25) is 0 Å². The van der Waals surface area contributed by atoms with E-state index < -0.39 is 0 Å². The second-order valence-corrected chi connectivity index (χ2v) is 5.61. The van der Waals surface area contributed by atoms with Crippen LogP contribution in [0.4, 0.5) is 0 Å². The molecule has 88 valence electrons. The summed E-state index contributed by atoms with van der Waals surface area (Å²) in [5, 5.41) is 0. The van der Waals surface area contributed by atoms with Crippen molar-refractivity contribution < 1.29 is 4.84 Å².